The van der Waals surface area contributed by atoms with Crippen molar-refractivity contribution in [3.05, 3.63) is 80.1 Å². The van der Waals surface area contributed by atoms with Gasteiger partial charge in [-0.2, -0.15) is 5.26 Å². The fraction of sp³-hybridized carbons (Fsp3) is 0.167. The third-order valence-corrected chi connectivity index (χ3v) is 5.57. The maximum atomic E-state index is 13.2. The highest BCUT2D eigenvalue weighted by molar-refractivity contribution is 6.30. The number of benzene rings is 2. The number of azo groups is 1. The molecule has 0 saturated heterocycles. The van der Waals surface area contributed by atoms with E-state index in [1.165, 1.54) is 50.4 Å². The number of hydrogen-bond donors (Lipinski definition) is 2. The second-order valence-corrected chi connectivity index (χ2v) is 7.49. The van der Waals surface area contributed by atoms with Gasteiger partial charge in [0.15, 0.2) is 17.3 Å². The van der Waals surface area contributed by atoms with Crippen LogP contribution < -0.4 is 5.56 Å². The number of nitriles is 1. The van der Waals surface area contributed by atoms with Crippen LogP contribution in [0.5, 0.6) is 11.6 Å². The monoisotopic (exact) mass is 458 g/mol. The van der Waals surface area contributed by atoms with Gasteiger partial charge in [0, 0.05) is 23.8 Å². The summed E-state index contributed by atoms with van der Waals surface area (Å²) in [6.45, 7) is 1.53. The van der Waals surface area contributed by atoms with Crippen LogP contribution in [0.15, 0.2) is 51.4 Å². The first kappa shape index (κ1) is 22.6. The molecule has 3 aromatic rings. The Kier molecular flexibility index (Phi) is 5.79. The molecule has 0 spiro atoms. The Morgan fingerprint density at radius 3 is 2.32 bits per heavy atom. The fourth-order valence-electron chi connectivity index (χ4n) is 3.84. The van der Waals surface area contributed by atoms with E-state index >= 15 is 0 Å². The molecule has 170 valence electrons. The standard InChI is InChI=1S/C24H18N4O6/c1-12-15(11-25)23(32)28(9-10-34-2)24(33)20(12)27-26-16-7-3-5-13-18(16)21(30)14-6-4-8-17(29)19(14)22(13)31/h3-8,29,33H,9-10H2,1-2H3/b27-26+. The van der Waals surface area contributed by atoms with Crippen molar-refractivity contribution in [2.45, 2.75) is 13.5 Å². The molecule has 0 amide bonds. The molecule has 0 fully saturated rings. The van der Waals surface area contributed by atoms with Gasteiger partial charge in [-0.15, -0.1) is 10.2 Å². The maximum absolute atomic E-state index is 13.2. The predicted octanol–water partition coefficient (Wildman–Crippen LogP) is 3.28. The Hall–Kier alpha value is -4.62. The number of fused-ring (bicyclic) bond motifs is 2. The highest BCUT2D eigenvalue weighted by Crippen LogP contribution is 2.38. The normalized spacial score (nSPS) is 12.5. The number of ether oxygens (including phenoxy) is 1. The Labute approximate surface area is 193 Å². The van der Waals surface area contributed by atoms with E-state index in [-0.39, 0.29) is 63.7 Å². The summed E-state index contributed by atoms with van der Waals surface area (Å²) in [7, 11) is 1.43. The third-order valence-electron chi connectivity index (χ3n) is 5.57. The summed E-state index contributed by atoms with van der Waals surface area (Å²) in [4.78, 5) is 38.7. The van der Waals surface area contributed by atoms with Crippen LogP contribution in [0.4, 0.5) is 11.4 Å². The van der Waals surface area contributed by atoms with Crippen LogP contribution in [0, 0.1) is 18.3 Å². The predicted molar refractivity (Wildman–Crippen MR) is 119 cm³/mol. The van der Waals surface area contributed by atoms with Gasteiger partial charge in [0.2, 0.25) is 5.88 Å². The molecule has 1 aliphatic carbocycles. The van der Waals surface area contributed by atoms with Crippen LogP contribution >= 0.6 is 0 Å². The first-order valence-corrected chi connectivity index (χ1v) is 10.1. The van der Waals surface area contributed by atoms with Gasteiger partial charge in [0.1, 0.15) is 17.4 Å². The zero-order valence-corrected chi connectivity index (χ0v) is 18.2. The van der Waals surface area contributed by atoms with Gasteiger partial charge in [0.25, 0.3) is 5.56 Å². The number of nitrogens with zero attached hydrogens (tertiary/aromatic N) is 4. The number of hydrogen-bond acceptors (Lipinski definition) is 9. The van der Waals surface area contributed by atoms with Gasteiger partial charge in [-0.3, -0.25) is 19.0 Å². The van der Waals surface area contributed by atoms with Crippen molar-refractivity contribution in [1.29, 1.82) is 5.26 Å². The minimum absolute atomic E-state index is 0.000274. The van der Waals surface area contributed by atoms with E-state index in [0.29, 0.717) is 0 Å². The summed E-state index contributed by atoms with van der Waals surface area (Å²) < 4.78 is 5.91. The topological polar surface area (TPSA) is 154 Å². The number of methoxy groups -OCH3 is 1. The summed E-state index contributed by atoms with van der Waals surface area (Å²) in [6.07, 6.45) is 0. The van der Waals surface area contributed by atoms with Crippen LogP contribution in [0.25, 0.3) is 0 Å². The molecule has 34 heavy (non-hydrogen) atoms. The summed E-state index contributed by atoms with van der Waals surface area (Å²) in [5.74, 6) is -1.85. The van der Waals surface area contributed by atoms with Crippen molar-refractivity contribution in [2.24, 2.45) is 10.2 Å². The van der Waals surface area contributed by atoms with Crippen LogP contribution in [-0.2, 0) is 11.3 Å². The molecule has 0 bridgehead atoms. The van der Waals surface area contributed by atoms with Crippen LogP contribution in [0.1, 0.15) is 43.0 Å². The molecule has 10 nitrogen and oxygen atoms in total. The van der Waals surface area contributed by atoms with Gasteiger partial charge < -0.3 is 14.9 Å². The maximum Gasteiger partial charge on any atom is 0.271 e. The minimum atomic E-state index is -0.692. The average Bonchev–Trinajstić information content (AvgIpc) is 2.82. The Morgan fingerprint density at radius 2 is 1.65 bits per heavy atom. The van der Waals surface area contributed by atoms with E-state index in [4.69, 9.17) is 4.74 Å². The summed E-state index contributed by atoms with van der Waals surface area (Å²) >= 11 is 0. The molecule has 1 heterocycles. The van der Waals surface area contributed by atoms with Crippen molar-refractivity contribution in [3.8, 4) is 17.7 Å². The lowest BCUT2D eigenvalue weighted by atomic mass is 9.83. The van der Waals surface area contributed by atoms with Crippen molar-refractivity contribution in [1.82, 2.24) is 4.57 Å². The van der Waals surface area contributed by atoms with Crippen LogP contribution in [0.2, 0.25) is 0 Å². The van der Waals surface area contributed by atoms with Gasteiger partial charge in [-0.25, -0.2) is 0 Å². The average molecular weight is 458 g/mol. The SMILES string of the molecule is COCCn1c(O)c(/N=N/c2cccc3c2C(=O)c2cccc(O)c2C3=O)c(C)c(C#N)c1=O. The summed E-state index contributed by atoms with van der Waals surface area (Å²) in [5, 5.41) is 38.3. The molecular formula is C24H18N4O6. The lowest BCUT2D eigenvalue weighted by Gasteiger charge is -2.19. The number of carbonyl (C=O) groups is 2. The molecule has 0 unspecified atom stereocenters. The van der Waals surface area contributed by atoms with E-state index in [1.807, 2.05) is 6.07 Å². The van der Waals surface area contributed by atoms with E-state index < -0.39 is 23.0 Å². The zero-order chi connectivity index (χ0) is 24.6. The van der Waals surface area contributed by atoms with E-state index in [2.05, 4.69) is 10.2 Å². The van der Waals surface area contributed by atoms with Gasteiger partial charge >= 0.3 is 0 Å². The van der Waals surface area contributed by atoms with Gasteiger partial charge in [-0.05, 0) is 19.1 Å². The second kappa shape index (κ2) is 8.73. The van der Waals surface area contributed by atoms with Crippen molar-refractivity contribution in [2.75, 3.05) is 13.7 Å². The molecule has 2 aromatic carbocycles. The van der Waals surface area contributed by atoms with Crippen LogP contribution in [-0.4, -0.2) is 40.1 Å². The van der Waals surface area contributed by atoms with Gasteiger partial charge in [0.05, 0.1) is 30.0 Å². The molecule has 0 saturated carbocycles. The molecule has 10 heteroatoms. The number of rotatable bonds is 5. The Balaban J connectivity index is 1.87. The number of phenolic OH excluding ortho intramolecular Hbond substituents is 1. The first-order chi connectivity index (χ1) is 16.3. The minimum Gasteiger partial charge on any atom is -0.507 e. The van der Waals surface area contributed by atoms with Crippen LogP contribution in [0.3, 0.4) is 0 Å². The smallest absolute Gasteiger partial charge is 0.271 e. The number of pyridine rings is 1. The number of aromatic nitrogens is 1. The first-order valence-electron chi connectivity index (χ1n) is 10.1. The van der Waals surface area contributed by atoms with Crippen molar-refractivity contribution >= 4 is 22.9 Å². The zero-order valence-electron chi connectivity index (χ0n) is 18.2. The highest BCUT2D eigenvalue weighted by atomic mass is 16.5. The number of ketones is 2. The molecule has 1 aromatic heterocycles. The molecule has 0 aliphatic heterocycles. The Morgan fingerprint density at radius 1 is 1.00 bits per heavy atom. The number of phenols is 1. The molecule has 0 atom stereocenters. The molecule has 0 radical (unpaired) electrons. The lowest BCUT2D eigenvalue weighted by molar-refractivity contribution is 0.0977. The van der Waals surface area contributed by atoms with Crippen molar-refractivity contribution < 1.29 is 24.5 Å². The summed E-state index contributed by atoms with van der Waals surface area (Å²) in [5.41, 5.74) is -0.847. The van der Waals surface area contributed by atoms with Crippen molar-refractivity contribution in [3.63, 3.8) is 0 Å². The van der Waals surface area contributed by atoms with E-state index in [1.54, 1.807) is 0 Å². The molecular weight excluding hydrogens is 440 g/mol. The summed E-state index contributed by atoms with van der Waals surface area (Å²) in [6, 6.07) is 10.5. The fourth-order valence-corrected chi connectivity index (χ4v) is 3.84. The molecule has 4 rings (SSSR count). The second-order valence-electron chi connectivity index (χ2n) is 7.49. The number of carbonyl (C=O) groups excluding carboxylic acids is 2. The third kappa shape index (κ3) is 3.44. The lowest BCUT2D eigenvalue weighted by Crippen LogP contribution is -2.25. The Bertz CT molecular complexity index is 1500. The molecule has 2 N–H and O–H groups in total. The largest absolute Gasteiger partial charge is 0.507 e. The van der Waals surface area contributed by atoms with E-state index in [0.717, 1.165) is 4.57 Å². The quantitative estimate of drug-likeness (QED) is 0.435. The highest BCUT2D eigenvalue weighted by Gasteiger charge is 2.33. The number of aromatic hydroxyl groups is 2. The van der Waals surface area contributed by atoms with E-state index in [9.17, 15) is 29.9 Å². The van der Waals surface area contributed by atoms with Gasteiger partial charge in [-0.1, -0.05) is 24.3 Å². The molecule has 1 aliphatic rings.